The first-order valence-corrected chi connectivity index (χ1v) is 7.64. The van der Waals surface area contributed by atoms with Gasteiger partial charge in [-0.3, -0.25) is 4.79 Å². The van der Waals surface area contributed by atoms with E-state index in [2.05, 4.69) is 0 Å². The van der Waals surface area contributed by atoms with Gasteiger partial charge in [-0.05, 0) is 49.6 Å². The summed E-state index contributed by atoms with van der Waals surface area (Å²) >= 11 is 0. The highest BCUT2D eigenvalue weighted by Crippen LogP contribution is 2.28. The zero-order valence-electron chi connectivity index (χ0n) is 13.7. The van der Waals surface area contributed by atoms with Crippen LogP contribution in [0.15, 0.2) is 42.5 Å². The Hall–Kier alpha value is -2.49. The number of methoxy groups -OCH3 is 1. The van der Waals surface area contributed by atoms with Crippen molar-refractivity contribution in [1.29, 1.82) is 0 Å². The molecule has 1 N–H and O–H groups in total. The van der Waals surface area contributed by atoms with E-state index in [0.717, 1.165) is 22.4 Å². The van der Waals surface area contributed by atoms with Crippen LogP contribution in [0.3, 0.4) is 0 Å². The Kier molecular flexibility index (Phi) is 5.63. The molecule has 0 bridgehead atoms. The van der Waals surface area contributed by atoms with E-state index >= 15 is 0 Å². The average Bonchev–Trinajstić information content (AvgIpc) is 2.54. The largest absolute Gasteiger partial charge is 0.496 e. The predicted octanol–water partition coefficient (Wildman–Crippen LogP) is 3.81. The van der Waals surface area contributed by atoms with E-state index in [1.54, 1.807) is 7.11 Å². The van der Waals surface area contributed by atoms with Crippen LogP contribution in [0.1, 0.15) is 29.5 Å². The number of carboxylic acid groups (broad SMARTS) is 1. The number of ether oxygens (including phenoxy) is 2. The summed E-state index contributed by atoms with van der Waals surface area (Å²) < 4.78 is 10.8. The second-order valence-electron chi connectivity index (χ2n) is 5.41. The minimum Gasteiger partial charge on any atom is -0.496 e. The van der Waals surface area contributed by atoms with Crippen molar-refractivity contribution < 1.29 is 19.4 Å². The first kappa shape index (κ1) is 16.9. The van der Waals surface area contributed by atoms with Crippen LogP contribution < -0.4 is 9.47 Å². The normalized spacial score (nSPS) is 11.8. The Morgan fingerprint density at radius 2 is 1.87 bits per heavy atom. The van der Waals surface area contributed by atoms with E-state index in [4.69, 9.17) is 9.47 Å². The quantitative estimate of drug-likeness (QED) is 0.844. The van der Waals surface area contributed by atoms with Gasteiger partial charge in [-0.2, -0.15) is 0 Å². The maximum Gasteiger partial charge on any atom is 0.311 e. The number of carbonyl (C=O) groups is 1. The zero-order chi connectivity index (χ0) is 16.8. The van der Waals surface area contributed by atoms with Crippen molar-refractivity contribution in [2.75, 3.05) is 13.7 Å². The number of hydrogen-bond donors (Lipinski definition) is 1. The molecule has 0 aliphatic heterocycles. The van der Waals surface area contributed by atoms with Gasteiger partial charge in [-0.15, -0.1) is 0 Å². The van der Waals surface area contributed by atoms with Crippen LogP contribution in [0.25, 0.3) is 0 Å². The maximum atomic E-state index is 11.7. The summed E-state index contributed by atoms with van der Waals surface area (Å²) in [5.74, 6) is -0.0135. The number of rotatable bonds is 7. The van der Waals surface area contributed by atoms with Gasteiger partial charge < -0.3 is 14.6 Å². The Labute approximate surface area is 136 Å². The topological polar surface area (TPSA) is 55.8 Å². The van der Waals surface area contributed by atoms with Gasteiger partial charge in [0, 0.05) is 0 Å². The summed E-state index contributed by atoms with van der Waals surface area (Å²) in [6, 6.07) is 13.0. The fourth-order valence-corrected chi connectivity index (χ4v) is 2.60. The van der Waals surface area contributed by atoms with E-state index < -0.39 is 11.9 Å². The summed E-state index contributed by atoms with van der Waals surface area (Å²) in [7, 11) is 1.60. The Morgan fingerprint density at radius 3 is 2.43 bits per heavy atom. The van der Waals surface area contributed by atoms with Crippen molar-refractivity contribution >= 4 is 5.97 Å². The molecule has 23 heavy (non-hydrogen) atoms. The lowest BCUT2D eigenvalue weighted by Gasteiger charge is -2.16. The lowest BCUT2D eigenvalue weighted by atomic mass is 9.91. The van der Waals surface area contributed by atoms with Gasteiger partial charge in [0.1, 0.15) is 11.5 Å². The predicted molar refractivity (Wildman–Crippen MR) is 89.4 cm³/mol. The minimum absolute atomic E-state index is 0.383. The molecular formula is C19H22O4. The summed E-state index contributed by atoms with van der Waals surface area (Å²) in [6.45, 7) is 4.48. The maximum absolute atomic E-state index is 11.7. The van der Waals surface area contributed by atoms with Crippen molar-refractivity contribution in [3.63, 3.8) is 0 Å². The molecule has 0 fully saturated rings. The molecule has 0 aliphatic rings. The van der Waals surface area contributed by atoms with Gasteiger partial charge in [0.2, 0.25) is 0 Å². The van der Waals surface area contributed by atoms with Crippen LogP contribution >= 0.6 is 0 Å². The second kappa shape index (κ2) is 7.68. The first-order valence-electron chi connectivity index (χ1n) is 7.64. The van der Waals surface area contributed by atoms with Gasteiger partial charge in [0.05, 0.1) is 19.6 Å². The van der Waals surface area contributed by atoms with Crippen LogP contribution in [0.2, 0.25) is 0 Å². The van der Waals surface area contributed by atoms with Gasteiger partial charge in [-0.25, -0.2) is 0 Å². The summed E-state index contributed by atoms with van der Waals surface area (Å²) in [5, 5.41) is 9.62. The van der Waals surface area contributed by atoms with Crippen molar-refractivity contribution in [2.24, 2.45) is 0 Å². The molecule has 2 aromatic rings. The van der Waals surface area contributed by atoms with E-state index in [-0.39, 0.29) is 0 Å². The summed E-state index contributed by atoms with van der Waals surface area (Å²) in [4.78, 5) is 11.7. The third-order valence-corrected chi connectivity index (χ3v) is 3.75. The van der Waals surface area contributed by atoms with Crippen molar-refractivity contribution in [3.05, 3.63) is 59.2 Å². The van der Waals surface area contributed by atoms with Crippen molar-refractivity contribution in [1.82, 2.24) is 0 Å². The Morgan fingerprint density at radius 1 is 1.17 bits per heavy atom. The van der Waals surface area contributed by atoms with E-state index in [0.29, 0.717) is 18.8 Å². The molecule has 0 aromatic heterocycles. The smallest absolute Gasteiger partial charge is 0.311 e. The molecule has 0 saturated heterocycles. The second-order valence-corrected chi connectivity index (χ2v) is 5.41. The van der Waals surface area contributed by atoms with Gasteiger partial charge >= 0.3 is 5.97 Å². The van der Waals surface area contributed by atoms with Gasteiger partial charge in [-0.1, -0.05) is 29.8 Å². The minimum atomic E-state index is -0.849. The molecule has 0 spiro atoms. The molecule has 2 rings (SSSR count). The lowest BCUT2D eigenvalue weighted by molar-refractivity contribution is -0.138. The molecule has 0 heterocycles. The summed E-state index contributed by atoms with van der Waals surface area (Å²) in [6.07, 6.45) is 0.383. The molecule has 0 saturated carbocycles. The van der Waals surface area contributed by atoms with Crippen molar-refractivity contribution in [2.45, 2.75) is 26.2 Å². The van der Waals surface area contributed by atoms with Crippen LogP contribution in [0.4, 0.5) is 0 Å². The number of hydrogen-bond acceptors (Lipinski definition) is 3. The van der Waals surface area contributed by atoms with Crippen molar-refractivity contribution in [3.8, 4) is 11.5 Å². The molecule has 4 nitrogen and oxygen atoms in total. The molecular weight excluding hydrogens is 292 g/mol. The fourth-order valence-electron chi connectivity index (χ4n) is 2.60. The Bertz CT molecular complexity index is 662. The highest BCUT2D eigenvalue weighted by atomic mass is 16.5. The molecule has 4 heteroatoms. The number of aryl methyl sites for hydroxylation is 1. The monoisotopic (exact) mass is 314 g/mol. The SMILES string of the molecule is CCOc1ccc(C(Cc2cc(C)ccc2OC)C(=O)O)cc1. The van der Waals surface area contributed by atoms with Crippen LogP contribution in [-0.4, -0.2) is 24.8 Å². The van der Waals surface area contributed by atoms with Gasteiger partial charge in [0.25, 0.3) is 0 Å². The standard InChI is InChI=1S/C19H22O4/c1-4-23-16-8-6-14(7-9-16)17(19(20)21)12-15-11-13(2)5-10-18(15)22-3/h5-11,17H,4,12H2,1-3H3,(H,20,21). The van der Waals surface area contributed by atoms with Crippen LogP contribution in [-0.2, 0) is 11.2 Å². The molecule has 0 amide bonds. The molecule has 1 unspecified atom stereocenters. The van der Waals surface area contributed by atoms with E-state index in [9.17, 15) is 9.90 Å². The molecule has 122 valence electrons. The zero-order valence-corrected chi connectivity index (χ0v) is 13.7. The van der Waals surface area contributed by atoms with Gasteiger partial charge in [0.15, 0.2) is 0 Å². The third-order valence-electron chi connectivity index (χ3n) is 3.75. The number of carboxylic acids is 1. The molecule has 2 aromatic carbocycles. The van der Waals surface area contributed by atoms with E-state index in [1.807, 2.05) is 56.3 Å². The van der Waals surface area contributed by atoms with Crippen LogP contribution in [0.5, 0.6) is 11.5 Å². The highest BCUT2D eigenvalue weighted by molar-refractivity contribution is 5.76. The van der Waals surface area contributed by atoms with E-state index in [1.165, 1.54) is 0 Å². The molecule has 0 radical (unpaired) electrons. The lowest BCUT2D eigenvalue weighted by Crippen LogP contribution is -2.15. The summed E-state index contributed by atoms with van der Waals surface area (Å²) in [5.41, 5.74) is 2.73. The molecule has 1 atom stereocenters. The highest BCUT2D eigenvalue weighted by Gasteiger charge is 2.22. The fraction of sp³-hybridized carbons (Fsp3) is 0.316. The number of aliphatic carboxylic acids is 1. The third kappa shape index (κ3) is 4.25. The Balaban J connectivity index is 2.29. The first-order chi connectivity index (χ1) is 11.0. The average molecular weight is 314 g/mol. The van der Waals surface area contributed by atoms with Crippen LogP contribution in [0, 0.1) is 6.92 Å². The molecule has 0 aliphatic carbocycles. The number of benzene rings is 2.